The summed E-state index contributed by atoms with van der Waals surface area (Å²) in [4.78, 5) is 14.4. The molecule has 26 heavy (non-hydrogen) atoms. The molecular formula is C20H22Cl2N2O2. The van der Waals surface area contributed by atoms with E-state index in [0.717, 1.165) is 11.3 Å². The van der Waals surface area contributed by atoms with Crippen LogP contribution in [0.15, 0.2) is 55.1 Å². The Morgan fingerprint density at radius 1 is 1.27 bits per heavy atom. The number of hydrogen-bond acceptors (Lipinski definition) is 3. The summed E-state index contributed by atoms with van der Waals surface area (Å²) >= 11 is 12.1. The van der Waals surface area contributed by atoms with Gasteiger partial charge < -0.3 is 10.1 Å². The zero-order valence-corrected chi connectivity index (χ0v) is 16.3. The van der Waals surface area contributed by atoms with Gasteiger partial charge in [0.15, 0.2) is 0 Å². The van der Waals surface area contributed by atoms with Crippen LogP contribution in [0.3, 0.4) is 0 Å². The van der Waals surface area contributed by atoms with Crippen molar-refractivity contribution in [3.05, 3.63) is 70.7 Å². The number of likely N-dealkylation sites (N-methyl/N-ethyl adjacent to an activating group) is 1. The molecule has 0 aromatic heterocycles. The van der Waals surface area contributed by atoms with E-state index in [4.69, 9.17) is 27.9 Å². The first-order valence-corrected chi connectivity index (χ1v) is 8.95. The molecule has 1 atom stereocenters. The maximum absolute atomic E-state index is 12.5. The molecule has 0 aliphatic carbocycles. The van der Waals surface area contributed by atoms with Gasteiger partial charge in [-0.1, -0.05) is 48.0 Å². The highest BCUT2D eigenvalue weighted by Gasteiger charge is 2.19. The molecule has 1 N–H and O–H groups in total. The minimum atomic E-state index is -0.346. The lowest BCUT2D eigenvalue weighted by atomic mass is 10.1. The molecule has 0 radical (unpaired) electrons. The monoisotopic (exact) mass is 392 g/mol. The highest BCUT2D eigenvalue weighted by molar-refractivity contribution is 6.35. The number of rotatable bonds is 8. The quantitative estimate of drug-likeness (QED) is 0.641. The van der Waals surface area contributed by atoms with Crippen molar-refractivity contribution in [1.29, 1.82) is 0 Å². The number of nitrogens with one attached hydrogen (secondary N) is 1. The molecule has 4 nitrogen and oxygen atoms in total. The van der Waals surface area contributed by atoms with Gasteiger partial charge in [-0.15, -0.1) is 0 Å². The van der Waals surface area contributed by atoms with E-state index in [2.05, 4.69) is 11.9 Å². The number of anilines is 1. The van der Waals surface area contributed by atoms with E-state index in [0.29, 0.717) is 28.9 Å². The van der Waals surface area contributed by atoms with Crippen molar-refractivity contribution < 1.29 is 9.53 Å². The van der Waals surface area contributed by atoms with Crippen molar-refractivity contribution in [3.63, 3.8) is 0 Å². The van der Waals surface area contributed by atoms with E-state index in [-0.39, 0.29) is 11.9 Å². The second kappa shape index (κ2) is 9.62. The van der Waals surface area contributed by atoms with E-state index in [1.54, 1.807) is 24.3 Å². The number of ether oxygens (including phenoxy) is 1. The molecule has 0 aliphatic rings. The molecule has 2 aromatic rings. The predicted molar refractivity (Wildman–Crippen MR) is 108 cm³/mol. The van der Waals surface area contributed by atoms with E-state index in [1.165, 1.54) is 0 Å². The van der Waals surface area contributed by atoms with Crippen molar-refractivity contribution in [2.24, 2.45) is 0 Å². The van der Waals surface area contributed by atoms with Gasteiger partial charge in [-0.2, -0.15) is 0 Å². The number of nitrogens with zero attached hydrogens (tertiary/aromatic N) is 1. The number of halogens is 2. The zero-order chi connectivity index (χ0) is 19.1. The fourth-order valence-electron chi connectivity index (χ4n) is 2.30. The molecular weight excluding hydrogens is 371 g/mol. The van der Waals surface area contributed by atoms with Gasteiger partial charge >= 0.3 is 0 Å². The number of carbonyl (C=O) groups excluding carboxylic acids is 1. The number of benzene rings is 2. The summed E-state index contributed by atoms with van der Waals surface area (Å²) in [5.74, 6) is 0.639. The van der Waals surface area contributed by atoms with Gasteiger partial charge in [-0.05, 0) is 49.9 Å². The summed E-state index contributed by atoms with van der Waals surface area (Å²) in [5.41, 5.74) is 1.59. The van der Waals surface area contributed by atoms with Gasteiger partial charge in [0.05, 0.1) is 16.8 Å². The van der Waals surface area contributed by atoms with Crippen LogP contribution in [0.1, 0.15) is 12.5 Å². The molecule has 0 aliphatic heterocycles. The molecule has 2 rings (SSSR count). The topological polar surface area (TPSA) is 41.6 Å². The van der Waals surface area contributed by atoms with Gasteiger partial charge in [0, 0.05) is 11.6 Å². The lowest BCUT2D eigenvalue weighted by molar-refractivity contribution is -0.120. The normalized spacial score (nSPS) is 11.9. The first-order chi connectivity index (χ1) is 12.4. The van der Waals surface area contributed by atoms with Gasteiger partial charge in [-0.3, -0.25) is 9.69 Å². The smallest absolute Gasteiger partial charge is 0.241 e. The van der Waals surface area contributed by atoms with Crippen LogP contribution in [0, 0.1) is 0 Å². The summed E-state index contributed by atoms with van der Waals surface area (Å²) < 4.78 is 5.47. The lowest BCUT2D eigenvalue weighted by Gasteiger charge is -2.24. The molecule has 0 spiro atoms. The largest absolute Gasteiger partial charge is 0.490 e. The minimum Gasteiger partial charge on any atom is -0.490 e. The summed E-state index contributed by atoms with van der Waals surface area (Å²) in [6.45, 7) is 6.57. The van der Waals surface area contributed by atoms with E-state index in [1.807, 2.05) is 43.1 Å². The van der Waals surface area contributed by atoms with Crippen molar-refractivity contribution in [3.8, 4) is 5.75 Å². The Labute approximate surface area is 164 Å². The van der Waals surface area contributed by atoms with Gasteiger partial charge in [0.2, 0.25) is 5.91 Å². The molecule has 1 amide bonds. The van der Waals surface area contributed by atoms with Crippen LogP contribution in [0.5, 0.6) is 5.75 Å². The van der Waals surface area contributed by atoms with Crippen molar-refractivity contribution in [2.45, 2.75) is 19.5 Å². The molecule has 0 unspecified atom stereocenters. The van der Waals surface area contributed by atoms with E-state index < -0.39 is 0 Å². The average molecular weight is 393 g/mol. The van der Waals surface area contributed by atoms with Crippen molar-refractivity contribution in [2.75, 3.05) is 19.0 Å². The van der Waals surface area contributed by atoms with Gasteiger partial charge in [-0.25, -0.2) is 0 Å². The van der Waals surface area contributed by atoms with Gasteiger partial charge in [0.1, 0.15) is 12.4 Å². The molecule has 138 valence electrons. The lowest BCUT2D eigenvalue weighted by Crippen LogP contribution is -2.39. The molecule has 0 saturated carbocycles. The fourth-order valence-corrected chi connectivity index (χ4v) is 2.64. The third kappa shape index (κ3) is 5.77. The highest BCUT2D eigenvalue weighted by atomic mass is 35.5. The second-order valence-electron chi connectivity index (χ2n) is 5.95. The van der Waals surface area contributed by atoms with Crippen LogP contribution in [0.2, 0.25) is 10.0 Å². The summed E-state index contributed by atoms with van der Waals surface area (Å²) in [5, 5.41) is 3.79. The minimum absolute atomic E-state index is 0.150. The maximum Gasteiger partial charge on any atom is 0.241 e. The van der Waals surface area contributed by atoms with Crippen LogP contribution < -0.4 is 10.1 Å². The van der Waals surface area contributed by atoms with E-state index in [9.17, 15) is 4.79 Å². The summed E-state index contributed by atoms with van der Waals surface area (Å²) in [7, 11) is 1.89. The molecule has 0 fully saturated rings. The van der Waals surface area contributed by atoms with Gasteiger partial charge in [0.25, 0.3) is 0 Å². The first-order valence-electron chi connectivity index (χ1n) is 8.19. The third-order valence-electron chi connectivity index (χ3n) is 3.95. The Kier molecular flexibility index (Phi) is 7.51. The Balaban J connectivity index is 1.95. The van der Waals surface area contributed by atoms with Crippen molar-refractivity contribution >= 4 is 34.8 Å². The molecule has 0 saturated heterocycles. The third-order valence-corrected chi connectivity index (χ3v) is 4.51. The number of amides is 1. The van der Waals surface area contributed by atoms with E-state index >= 15 is 0 Å². The number of hydrogen-bond donors (Lipinski definition) is 1. The SMILES string of the molecule is C=CCOc1ccc(CN(C)[C@H](C)C(=O)Nc2cc(Cl)ccc2Cl)cc1. The number of carbonyl (C=O) groups is 1. The summed E-state index contributed by atoms with van der Waals surface area (Å²) in [6.07, 6.45) is 1.70. The molecule has 0 bridgehead atoms. The van der Waals surface area contributed by atoms with Crippen LogP contribution in [0.25, 0.3) is 0 Å². The standard InChI is InChI=1S/C20H22Cl2N2O2/c1-4-11-26-17-8-5-15(6-9-17)13-24(3)14(2)20(25)23-19-12-16(21)7-10-18(19)22/h4-10,12,14H,1,11,13H2,2-3H3,(H,23,25)/t14-/m1/s1. The van der Waals surface area contributed by atoms with Crippen LogP contribution >= 0.6 is 23.2 Å². The molecule has 0 heterocycles. The molecule has 6 heteroatoms. The Morgan fingerprint density at radius 2 is 1.96 bits per heavy atom. The maximum atomic E-state index is 12.5. The average Bonchev–Trinajstić information content (AvgIpc) is 2.63. The highest BCUT2D eigenvalue weighted by Crippen LogP contribution is 2.25. The summed E-state index contributed by atoms with van der Waals surface area (Å²) in [6, 6.07) is 12.4. The molecule has 2 aromatic carbocycles. The van der Waals surface area contributed by atoms with Crippen LogP contribution in [-0.2, 0) is 11.3 Å². The van der Waals surface area contributed by atoms with Crippen LogP contribution in [-0.4, -0.2) is 30.5 Å². The van der Waals surface area contributed by atoms with Crippen LogP contribution in [0.4, 0.5) is 5.69 Å². The Hall–Kier alpha value is -2.01. The predicted octanol–water partition coefficient (Wildman–Crippen LogP) is 5.02. The van der Waals surface area contributed by atoms with Crippen molar-refractivity contribution in [1.82, 2.24) is 4.90 Å². The second-order valence-corrected chi connectivity index (χ2v) is 6.79. The first kappa shape index (κ1) is 20.3. The Morgan fingerprint density at radius 3 is 2.62 bits per heavy atom. The Bertz CT molecular complexity index is 763. The zero-order valence-electron chi connectivity index (χ0n) is 14.8. The fraction of sp³-hybridized carbons (Fsp3) is 0.250.